The number of rotatable bonds is 9. The topological polar surface area (TPSA) is 21.3 Å². The quantitative estimate of drug-likeness (QED) is 0.687. The van der Waals surface area contributed by atoms with Crippen LogP contribution in [0.15, 0.2) is 24.3 Å². The fourth-order valence-electron chi connectivity index (χ4n) is 3.03. The van der Waals surface area contributed by atoms with E-state index in [1.807, 2.05) is 7.11 Å². The predicted molar refractivity (Wildman–Crippen MR) is 91.9 cm³/mol. The minimum atomic E-state index is -0.130. The molecule has 0 saturated heterocycles. The van der Waals surface area contributed by atoms with Crippen molar-refractivity contribution in [2.45, 2.75) is 71.4 Å². The summed E-state index contributed by atoms with van der Waals surface area (Å²) in [5.41, 5.74) is 2.59. The molecule has 0 aliphatic carbocycles. The number of hydrogen-bond acceptors (Lipinski definition) is 2. The van der Waals surface area contributed by atoms with E-state index in [2.05, 4.69) is 64.2 Å². The van der Waals surface area contributed by atoms with Crippen molar-refractivity contribution in [2.75, 3.05) is 13.7 Å². The van der Waals surface area contributed by atoms with Gasteiger partial charge in [-0.25, -0.2) is 0 Å². The van der Waals surface area contributed by atoms with E-state index >= 15 is 0 Å². The van der Waals surface area contributed by atoms with Crippen molar-refractivity contribution >= 4 is 0 Å². The Balaban J connectivity index is 3.11. The smallest absolute Gasteiger partial charge is 0.0867 e. The first-order valence-corrected chi connectivity index (χ1v) is 8.43. The van der Waals surface area contributed by atoms with Gasteiger partial charge in [0, 0.05) is 7.11 Å². The SMILES string of the molecule is CCCNC(c1ccc(C(C)C)cc1)C(CC)(CC)OC. The second-order valence-corrected chi connectivity index (χ2v) is 6.18. The van der Waals surface area contributed by atoms with Gasteiger partial charge in [0.1, 0.15) is 0 Å². The Bertz CT molecular complexity index is 384. The summed E-state index contributed by atoms with van der Waals surface area (Å²) in [6, 6.07) is 9.29. The maximum atomic E-state index is 5.97. The Hall–Kier alpha value is -0.860. The summed E-state index contributed by atoms with van der Waals surface area (Å²) in [4.78, 5) is 0. The van der Waals surface area contributed by atoms with Crippen LogP contribution in [-0.4, -0.2) is 19.3 Å². The highest BCUT2D eigenvalue weighted by molar-refractivity contribution is 5.28. The highest BCUT2D eigenvalue weighted by Crippen LogP contribution is 2.35. The van der Waals surface area contributed by atoms with Crippen LogP contribution >= 0.6 is 0 Å². The van der Waals surface area contributed by atoms with Gasteiger partial charge in [0.05, 0.1) is 11.6 Å². The Kier molecular flexibility index (Phi) is 7.41. The Labute approximate surface area is 131 Å². The molecular weight excluding hydrogens is 258 g/mol. The monoisotopic (exact) mass is 291 g/mol. The summed E-state index contributed by atoms with van der Waals surface area (Å²) in [5.74, 6) is 0.575. The maximum Gasteiger partial charge on any atom is 0.0867 e. The molecule has 0 amide bonds. The number of ether oxygens (including phenoxy) is 1. The van der Waals surface area contributed by atoms with Crippen molar-refractivity contribution in [1.82, 2.24) is 5.32 Å². The Morgan fingerprint density at radius 3 is 1.90 bits per heavy atom. The first-order valence-electron chi connectivity index (χ1n) is 8.43. The molecule has 0 aliphatic heterocycles. The average molecular weight is 291 g/mol. The van der Waals surface area contributed by atoms with Crippen molar-refractivity contribution in [1.29, 1.82) is 0 Å². The van der Waals surface area contributed by atoms with Crippen LogP contribution in [0.1, 0.15) is 77.0 Å². The van der Waals surface area contributed by atoms with Gasteiger partial charge in [0.15, 0.2) is 0 Å². The molecule has 0 fully saturated rings. The molecule has 1 aromatic carbocycles. The predicted octanol–water partition coefficient (Wildman–Crippen LogP) is 5.06. The first kappa shape index (κ1) is 18.2. The Morgan fingerprint density at radius 1 is 1.00 bits per heavy atom. The summed E-state index contributed by atoms with van der Waals surface area (Å²) < 4.78 is 5.97. The standard InChI is InChI=1S/C19H33NO/c1-7-14-20-18(19(8-2,9-3)21-6)17-12-10-16(11-13-17)15(4)5/h10-13,15,18,20H,7-9,14H2,1-6H3. The van der Waals surface area contributed by atoms with Gasteiger partial charge in [-0.15, -0.1) is 0 Å². The van der Waals surface area contributed by atoms with Gasteiger partial charge in [-0.2, -0.15) is 0 Å². The zero-order chi connectivity index (χ0) is 15.9. The van der Waals surface area contributed by atoms with Gasteiger partial charge in [-0.1, -0.05) is 58.9 Å². The van der Waals surface area contributed by atoms with Gasteiger partial charge in [-0.3, -0.25) is 0 Å². The molecule has 120 valence electrons. The number of nitrogens with one attached hydrogen (secondary N) is 1. The molecule has 1 aromatic rings. The molecule has 21 heavy (non-hydrogen) atoms. The van der Waals surface area contributed by atoms with Crippen molar-refractivity contribution in [3.63, 3.8) is 0 Å². The van der Waals surface area contributed by atoms with Crippen molar-refractivity contribution < 1.29 is 4.74 Å². The molecule has 0 radical (unpaired) electrons. The Morgan fingerprint density at radius 2 is 1.52 bits per heavy atom. The van der Waals surface area contributed by atoms with Crippen LogP contribution in [0.3, 0.4) is 0 Å². The minimum Gasteiger partial charge on any atom is -0.376 e. The largest absolute Gasteiger partial charge is 0.376 e. The van der Waals surface area contributed by atoms with Crippen LogP contribution in [0, 0.1) is 0 Å². The van der Waals surface area contributed by atoms with Gasteiger partial charge < -0.3 is 10.1 Å². The summed E-state index contributed by atoms with van der Waals surface area (Å²) in [6.07, 6.45) is 3.15. The van der Waals surface area contributed by atoms with E-state index in [1.165, 1.54) is 11.1 Å². The molecule has 0 aromatic heterocycles. The molecule has 2 nitrogen and oxygen atoms in total. The lowest BCUT2D eigenvalue weighted by Crippen LogP contribution is -2.45. The zero-order valence-electron chi connectivity index (χ0n) is 14.7. The third kappa shape index (κ3) is 4.31. The first-order chi connectivity index (χ1) is 10.0. The maximum absolute atomic E-state index is 5.97. The number of benzene rings is 1. The summed E-state index contributed by atoms with van der Waals surface area (Å²) >= 11 is 0. The number of methoxy groups -OCH3 is 1. The fraction of sp³-hybridized carbons (Fsp3) is 0.684. The van der Waals surface area contributed by atoms with E-state index in [0.717, 1.165) is 25.8 Å². The van der Waals surface area contributed by atoms with E-state index in [1.54, 1.807) is 0 Å². The molecular formula is C19H33NO. The van der Waals surface area contributed by atoms with Crippen LogP contribution < -0.4 is 5.32 Å². The molecule has 0 heterocycles. The van der Waals surface area contributed by atoms with Crippen molar-refractivity contribution in [3.8, 4) is 0 Å². The summed E-state index contributed by atoms with van der Waals surface area (Å²) in [7, 11) is 1.84. The third-order valence-corrected chi connectivity index (χ3v) is 4.66. The molecule has 1 atom stereocenters. The molecule has 0 saturated carbocycles. The molecule has 1 rings (SSSR count). The second kappa shape index (κ2) is 8.55. The molecule has 1 unspecified atom stereocenters. The molecule has 2 heteroatoms. The summed E-state index contributed by atoms with van der Waals surface area (Å²) in [6.45, 7) is 12.1. The highest BCUT2D eigenvalue weighted by atomic mass is 16.5. The van der Waals surface area contributed by atoms with E-state index < -0.39 is 0 Å². The van der Waals surface area contributed by atoms with Crippen LogP contribution in [0.4, 0.5) is 0 Å². The average Bonchev–Trinajstić information content (AvgIpc) is 2.52. The molecule has 0 spiro atoms. The van der Waals surface area contributed by atoms with Crippen LogP contribution in [-0.2, 0) is 4.74 Å². The second-order valence-electron chi connectivity index (χ2n) is 6.18. The minimum absolute atomic E-state index is 0.130. The lowest BCUT2D eigenvalue weighted by atomic mass is 9.83. The van der Waals surface area contributed by atoms with Crippen molar-refractivity contribution in [2.24, 2.45) is 0 Å². The molecule has 1 N–H and O–H groups in total. The van der Waals surface area contributed by atoms with E-state index in [4.69, 9.17) is 4.74 Å². The lowest BCUT2D eigenvalue weighted by Gasteiger charge is -2.39. The van der Waals surface area contributed by atoms with E-state index in [-0.39, 0.29) is 11.6 Å². The third-order valence-electron chi connectivity index (χ3n) is 4.66. The van der Waals surface area contributed by atoms with E-state index in [0.29, 0.717) is 5.92 Å². The van der Waals surface area contributed by atoms with Crippen LogP contribution in [0.25, 0.3) is 0 Å². The van der Waals surface area contributed by atoms with Gasteiger partial charge >= 0.3 is 0 Å². The molecule has 0 bridgehead atoms. The highest BCUT2D eigenvalue weighted by Gasteiger charge is 2.36. The van der Waals surface area contributed by atoms with Gasteiger partial charge in [0.2, 0.25) is 0 Å². The normalized spacial score (nSPS) is 13.7. The lowest BCUT2D eigenvalue weighted by molar-refractivity contribution is -0.0485. The van der Waals surface area contributed by atoms with Crippen LogP contribution in [0.5, 0.6) is 0 Å². The summed E-state index contributed by atoms with van der Waals surface area (Å²) in [5, 5.41) is 3.70. The van der Waals surface area contributed by atoms with Gasteiger partial charge in [-0.05, 0) is 42.9 Å². The number of hydrogen-bond donors (Lipinski definition) is 1. The van der Waals surface area contributed by atoms with Crippen molar-refractivity contribution in [3.05, 3.63) is 35.4 Å². The molecule has 0 aliphatic rings. The zero-order valence-corrected chi connectivity index (χ0v) is 14.7. The van der Waals surface area contributed by atoms with Gasteiger partial charge in [0.25, 0.3) is 0 Å². The fourth-order valence-corrected chi connectivity index (χ4v) is 3.03. The van der Waals surface area contributed by atoms with Crippen LogP contribution in [0.2, 0.25) is 0 Å². The van der Waals surface area contributed by atoms with E-state index in [9.17, 15) is 0 Å².